The van der Waals surface area contributed by atoms with E-state index in [1.165, 1.54) is 20.1 Å². The summed E-state index contributed by atoms with van der Waals surface area (Å²) in [6.45, 7) is 1.45. The maximum absolute atomic E-state index is 15.0. The van der Waals surface area contributed by atoms with Crippen molar-refractivity contribution in [2.75, 3.05) is 7.11 Å². The second kappa shape index (κ2) is 8.96. The van der Waals surface area contributed by atoms with Crippen LogP contribution in [0.2, 0.25) is 0 Å². The molecule has 4 rings (SSSR count). The van der Waals surface area contributed by atoms with Crippen molar-refractivity contribution >= 4 is 5.97 Å². The molecule has 0 fully saturated rings. The molecule has 2 N–H and O–H groups in total. The number of nitrogens with zero attached hydrogens (tertiary/aromatic N) is 1. The number of hydrogen-bond donors (Lipinski definition) is 2. The Kier molecular flexibility index (Phi) is 6.10. The van der Waals surface area contributed by atoms with E-state index in [9.17, 15) is 9.90 Å². The lowest BCUT2D eigenvalue weighted by atomic mass is 9.92. The highest BCUT2D eigenvalue weighted by Gasteiger charge is 2.27. The second-order valence-corrected chi connectivity index (χ2v) is 7.91. The molecule has 1 aliphatic heterocycles. The third-order valence-corrected chi connectivity index (χ3v) is 5.87. The molecule has 0 amide bonds. The number of aliphatic hydroxyl groups excluding tert-OH is 1. The zero-order chi connectivity index (χ0) is 22.8. The molecule has 1 aliphatic rings. The van der Waals surface area contributed by atoms with Gasteiger partial charge in [0.15, 0.2) is 0 Å². The second-order valence-electron chi connectivity index (χ2n) is 7.91. The molecule has 0 spiro atoms. The van der Waals surface area contributed by atoms with Gasteiger partial charge in [-0.3, -0.25) is 4.79 Å². The first-order valence-corrected chi connectivity index (χ1v) is 10.4. The predicted octanol–water partition coefficient (Wildman–Crippen LogP) is 4.72. The number of aliphatic carboxylic acids is 1. The van der Waals surface area contributed by atoms with Gasteiger partial charge < -0.3 is 19.7 Å². The number of methoxy groups -OCH3 is 1. The molecule has 0 saturated carbocycles. The Morgan fingerprint density at radius 2 is 1.97 bits per heavy atom. The Bertz CT molecular complexity index is 1150. The van der Waals surface area contributed by atoms with E-state index in [2.05, 4.69) is 4.98 Å². The zero-order valence-corrected chi connectivity index (χ0v) is 17.8. The average molecular weight is 437 g/mol. The highest BCUT2D eigenvalue weighted by molar-refractivity contribution is 5.70. The highest BCUT2D eigenvalue weighted by atomic mass is 19.1. The summed E-state index contributed by atoms with van der Waals surface area (Å²) in [6.07, 6.45) is 1.27. The summed E-state index contributed by atoms with van der Waals surface area (Å²) in [6, 6.07) is 13.8. The van der Waals surface area contributed by atoms with Gasteiger partial charge in [-0.2, -0.15) is 0 Å². The maximum atomic E-state index is 15.0. The number of aromatic nitrogens is 1. The SMILES string of the molecule is COc1cc(-c2ccc(C3CCc4ccc([C@H](O)[C@H](C)C(=O)O)cc4O3)c(F)c2)ccn1. The normalized spacial score (nSPS) is 17.1. The van der Waals surface area contributed by atoms with Gasteiger partial charge in [-0.05, 0) is 60.2 Å². The van der Waals surface area contributed by atoms with Crippen molar-refractivity contribution in [2.24, 2.45) is 5.92 Å². The summed E-state index contributed by atoms with van der Waals surface area (Å²) in [5, 5.41) is 19.5. The van der Waals surface area contributed by atoms with Crippen LogP contribution in [0, 0.1) is 11.7 Å². The van der Waals surface area contributed by atoms with Crippen LogP contribution in [0.15, 0.2) is 54.7 Å². The third-order valence-electron chi connectivity index (χ3n) is 5.87. The summed E-state index contributed by atoms with van der Waals surface area (Å²) in [5.74, 6) is -1.42. The van der Waals surface area contributed by atoms with Gasteiger partial charge in [-0.15, -0.1) is 0 Å². The Labute approximate surface area is 185 Å². The number of carbonyl (C=O) groups is 1. The van der Waals surface area contributed by atoms with Gasteiger partial charge in [0.2, 0.25) is 5.88 Å². The Morgan fingerprint density at radius 3 is 2.69 bits per heavy atom. The van der Waals surface area contributed by atoms with Gasteiger partial charge >= 0.3 is 5.97 Å². The van der Waals surface area contributed by atoms with Crippen molar-refractivity contribution in [3.8, 4) is 22.8 Å². The number of fused-ring (bicyclic) bond motifs is 1. The number of ether oxygens (including phenoxy) is 2. The summed E-state index contributed by atoms with van der Waals surface area (Å²) in [5.41, 5.74) is 3.35. The minimum Gasteiger partial charge on any atom is -0.485 e. The molecule has 0 bridgehead atoms. The molecule has 3 aromatic rings. The van der Waals surface area contributed by atoms with Crippen LogP contribution in [0.5, 0.6) is 11.6 Å². The molecule has 166 valence electrons. The van der Waals surface area contributed by atoms with Crippen molar-refractivity contribution in [3.63, 3.8) is 0 Å². The van der Waals surface area contributed by atoms with E-state index in [1.54, 1.807) is 36.5 Å². The Balaban J connectivity index is 1.58. The van der Waals surface area contributed by atoms with Crippen molar-refractivity contribution in [1.29, 1.82) is 0 Å². The molecule has 0 aliphatic carbocycles. The van der Waals surface area contributed by atoms with E-state index < -0.39 is 24.1 Å². The van der Waals surface area contributed by atoms with Crippen LogP contribution in [-0.4, -0.2) is 28.3 Å². The molecule has 1 unspecified atom stereocenters. The number of benzene rings is 2. The molecule has 7 heteroatoms. The number of pyridine rings is 1. The van der Waals surface area contributed by atoms with Crippen LogP contribution in [0.25, 0.3) is 11.1 Å². The summed E-state index contributed by atoms with van der Waals surface area (Å²) in [7, 11) is 1.53. The molecule has 2 heterocycles. The molecule has 0 radical (unpaired) electrons. The van der Waals surface area contributed by atoms with E-state index in [0.717, 1.165) is 11.1 Å². The maximum Gasteiger partial charge on any atom is 0.309 e. The first-order chi connectivity index (χ1) is 15.4. The van der Waals surface area contributed by atoms with Gasteiger partial charge in [0, 0.05) is 17.8 Å². The van der Waals surface area contributed by atoms with E-state index in [0.29, 0.717) is 41.2 Å². The van der Waals surface area contributed by atoms with Crippen LogP contribution in [0.1, 0.15) is 42.2 Å². The van der Waals surface area contributed by atoms with Gasteiger partial charge in [0.25, 0.3) is 0 Å². The Hall–Kier alpha value is -3.45. The van der Waals surface area contributed by atoms with E-state index in [1.807, 2.05) is 12.1 Å². The third kappa shape index (κ3) is 4.29. The molecule has 0 saturated heterocycles. The van der Waals surface area contributed by atoms with Crippen molar-refractivity contribution in [1.82, 2.24) is 4.98 Å². The highest BCUT2D eigenvalue weighted by Crippen LogP contribution is 2.38. The summed E-state index contributed by atoms with van der Waals surface area (Å²) in [4.78, 5) is 15.3. The largest absolute Gasteiger partial charge is 0.485 e. The van der Waals surface area contributed by atoms with Crippen LogP contribution in [0.4, 0.5) is 4.39 Å². The molecule has 2 aromatic carbocycles. The van der Waals surface area contributed by atoms with Gasteiger partial charge in [-0.1, -0.05) is 24.3 Å². The number of aliphatic hydroxyl groups is 1. The summed E-state index contributed by atoms with van der Waals surface area (Å²) < 4.78 is 26.3. The Morgan fingerprint density at radius 1 is 1.19 bits per heavy atom. The van der Waals surface area contributed by atoms with Crippen molar-refractivity contribution in [3.05, 3.63) is 77.2 Å². The first-order valence-electron chi connectivity index (χ1n) is 10.4. The number of halogens is 1. The lowest BCUT2D eigenvalue weighted by Crippen LogP contribution is -2.20. The fraction of sp³-hybridized carbons (Fsp3) is 0.280. The first kappa shape index (κ1) is 21.8. The van der Waals surface area contributed by atoms with Crippen LogP contribution in [-0.2, 0) is 11.2 Å². The smallest absolute Gasteiger partial charge is 0.309 e. The number of hydrogen-bond acceptors (Lipinski definition) is 5. The molecule has 3 atom stereocenters. The van der Waals surface area contributed by atoms with Crippen molar-refractivity contribution < 1.29 is 28.9 Å². The number of carboxylic acids is 1. The minimum absolute atomic E-state index is 0.373. The molecular weight excluding hydrogens is 413 g/mol. The molecule has 6 nitrogen and oxygen atoms in total. The predicted molar refractivity (Wildman–Crippen MR) is 116 cm³/mol. The molecule has 32 heavy (non-hydrogen) atoms. The fourth-order valence-electron chi connectivity index (χ4n) is 3.88. The van der Waals surface area contributed by atoms with E-state index in [4.69, 9.17) is 14.6 Å². The van der Waals surface area contributed by atoms with E-state index >= 15 is 4.39 Å². The van der Waals surface area contributed by atoms with Crippen LogP contribution in [0.3, 0.4) is 0 Å². The van der Waals surface area contributed by atoms with E-state index in [-0.39, 0.29) is 5.82 Å². The quantitative estimate of drug-likeness (QED) is 0.580. The summed E-state index contributed by atoms with van der Waals surface area (Å²) >= 11 is 0. The number of carboxylic acid groups (broad SMARTS) is 1. The standard InChI is InChI=1S/C25H24FNO5/c1-14(25(29)30)24(28)18-4-3-15-6-8-21(32-22(15)12-18)19-7-5-16(11-20(19)26)17-9-10-27-23(13-17)31-2/h3-5,7,9-14,21,24,28H,6,8H2,1-2H3,(H,29,30)/t14-,21?,24+/m0/s1. The average Bonchev–Trinajstić information content (AvgIpc) is 2.82. The lowest BCUT2D eigenvalue weighted by Gasteiger charge is -2.28. The monoisotopic (exact) mass is 437 g/mol. The minimum atomic E-state index is -1.16. The fourth-order valence-corrected chi connectivity index (χ4v) is 3.88. The van der Waals surface area contributed by atoms with Gasteiger partial charge in [0.05, 0.1) is 19.1 Å². The van der Waals surface area contributed by atoms with Crippen LogP contribution < -0.4 is 9.47 Å². The van der Waals surface area contributed by atoms with Gasteiger partial charge in [-0.25, -0.2) is 9.37 Å². The van der Waals surface area contributed by atoms with Crippen molar-refractivity contribution in [2.45, 2.75) is 32.0 Å². The number of rotatable bonds is 6. The lowest BCUT2D eigenvalue weighted by molar-refractivity contribution is -0.145. The molecular formula is C25H24FNO5. The van der Waals surface area contributed by atoms with Crippen LogP contribution >= 0.6 is 0 Å². The zero-order valence-electron chi connectivity index (χ0n) is 17.8. The number of aryl methyl sites for hydroxylation is 1. The molecule has 1 aromatic heterocycles. The topological polar surface area (TPSA) is 88.9 Å². The van der Waals surface area contributed by atoms with Gasteiger partial charge in [0.1, 0.15) is 17.7 Å².